The Morgan fingerprint density at radius 1 is 1.30 bits per heavy atom. The van der Waals surface area contributed by atoms with E-state index in [2.05, 4.69) is 51.8 Å². The molecule has 1 aliphatic heterocycles. The van der Waals surface area contributed by atoms with Crippen molar-refractivity contribution in [2.45, 2.75) is 37.3 Å². The molecule has 0 N–H and O–H groups in total. The highest BCUT2D eigenvalue weighted by Crippen LogP contribution is 2.38. The third kappa shape index (κ3) is 3.06. The summed E-state index contributed by atoms with van der Waals surface area (Å²) in [4.78, 5) is 7.15. The summed E-state index contributed by atoms with van der Waals surface area (Å²) < 4.78 is 7.96. The molecule has 0 radical (unpaired) electrons. The van der Waals surface area contributed by atoms with Crippen LogP contribution in [0.1, 0.15) is 30.7 Å². The molecule has 1 saturated carbocycles. The van der Waals surface area contributed by atoms with E-state index in [0.717, 1.165) is 38.5 Å². The number of nitrogens with zero attached hydrogens (tertiary/aromatic N) is 3. The lowest BCUT2D eigenvalue weighted by atomic mass is 9.79. The lowest BCUT2D eigenvalue weighted by molar-refractivity contribution is 0.141. The molecule has 1 aliphatic carbocycles. The Balaban J connectivity index is 1.58. The van der Waals surface area contributed by atoms with Gasteiger partial charge in [0.1, 0.15) is 5.82 Å². The number of benzene rings is 1. The largest absolute Gasteiger partial charge is 0.380 e. The van der Waals surface area contributed by atoms with E-state index in [1.807, 2.05) is 12.4 Å². The molecule has 4 rings (SSSR count). The number of rotatable bonds is 6. The SMILES string of the molecule is Cn1ccnc1CN(CC1(c2ccccc2)CCOC1)C1CC1. The van der Waals surface area contributed by atoms with Gasteiger partial charge in [-0.05, 0) is 24.8 Å². The first-order valence-corrected chi connectivity index (χ1v) is 8.60. The fourth-order valence-corrected chi connectivity index (χ4v) is 3.72. The van der Waals surface area contributed by atoms with Crippen molar-refractivity contribution in [1.29, 1.82) is 0 Å². The van der Waals surface area contributed by atoms with Crippen molar-refractivity contribution in [3.8, 4) is 0 Å². The standard InChI is InChI=1S/C19H25N3O/c1-21-11-10-20-18(21)13-22(17-7-8-17)14-19(9-12-23-15-19)16-5-3-2-4-6-16/h2-6,10-11,17H,7-9,12-15H2,1H3. The molecule has 2 fully saturated rings. The van der Waals surface area contributed by atoms with Gasteiger partial charge in [0.2, 0.25) is 0 Å². The van der Waals surface area contributed by atoms with Gasteiger partial charge >= 0.3 is 0 Å². The first kappa shape index (κ1) is 14.9. The quantitative estimate of drug-likeness (QED) is 0.822. The van der Waals surface area contributed by atoms with Crippen LogP contribution in [-0.4, -0.2) is 40.3 Å². The number of aryl methyl sites for hydroxylation is 1. The zero-order valence-electron chi connectivity index (χ0n) is 13.8. The lowest BCUT2D eigenvalue weighted by Crippen LogP contribution is -2.42. The first-order chi connectivity index (χ1) is 11.3. The van der Waals surface area contributed by atoms with E-state index in [0.29, 0.717) is 6.04 Å². The highest BCUT2D eigenvalue weighted by atomic mass is 16.5. The fraction of sp³-hybridized carbons (Fsp3) is 0.526. The maximum absolute atomic E-state index is 5.83. The second-order valence-electron chi connectivity index (χ2n) is 7.04. The molecular formula is C19H25N3O. The average molecular weight is 311 g/mol. The van der Waals surface area contributed by atoms with E-state index >= 15 is 0 Å². The summed E-state index contributed by atoms with van der Waals surface area (Å²) in [5.41, 5.74) is 1.55. The van der Waals surface area contributed by atoms with Crippen molar-refractivity contribution in [2.24, 2.45) is 7.05 Å². The third-order valence-corrected chi connectivity index (χ3v) is 5.32. The van der Waals surface area contributed by atoms with E-state index in [1.54, 1.807) is 0 Å². The van der Waals surface area contributed by atoms with Crippen LogP contribution in [0.4, 0.5) is 0 Å². The summed E-state index contributed by atoms with van der Waals surface area (Å²) in [7, 11) is 2.08. The zero-order valence-corrected chi connectivity index (χ0v) is 13.8. The molecule has 1 aromatic heterocycles. The summed E-state index contributed by atoms with van der Waals surface area (Å²) in [6.07, 6.45) is 7.67. The summed E-state index contributed by atoms with van der Waals surface area (Å²) in [5.74, 6) is 1.15. The van der Waals surface area contributed by atoms with E-state index < -0.39 is 0 Å². The van der Waals surface area contributed by atoms with Crippen LogP contribution in [-0.2, 0) is 23.7 Å². The second kappa shape index (κ2) is 6.10. The molecule has 0 spiro atoms. The number of imidazole rings is 1. The van der Waals surface area contributed by atoms with Crippen molar-refractivity contribution in [2.75, 3.05) is 19.8 Å². The molecule has 122 valence electrons. The van der Waals surface area contributed by atoms with Gasteiger partial charge < -0.3 is 9.30 Å². The van der Waals surface area contributed by atoms with Crippen LogP contribution in [0.5, 0.6) is 0 Å². The number of hydrogen-bond acceptors (Lipinski definition) is 3. The third-order valence-electron chi connectivity index (χ3n) is 5.32. The van der Waals surface area contributed by atoms with Crippen molar-refractivity contribution < 1.29 is 4.74 Å². The molecule has 1 aromatic carbocycles. The van der Waals surface area contributed by atoms with Crippen LogP contribution in [0.2, 0.25) is 0 Å². The highest BCUT2D eigenvalue weighted by molar-refractivity contribution is 5.27. The number of ether oxygens (including phenoxy) is 1. The van der Waals surface area contributed by atoms with Gasteiger partial charge in [-0.2, -0.15) is 0 Å². The van der Waals surface area contributed by atoms with Gasteiger partial charge in [-0.15, -0.1) is 0 Å². The van der Waals surface area contributed by atoms with Gasteiger partial charge in [0.05, 0.1) is 13.2 Å². The Morgan fingerprint density at radius 2 is 2.13 bits per heavy atom. The van der Waals surface area contributed by atoms with E-state index in [-0.39, 0.29) is 5.41 Å². The summed E-state index contributed by atoms with van der Waals surface area (Å²) in [5, 5.41) is 0. The van der Waals surface area contributed by atoms with Crippen LogP contribution in [0, 0.1) is 0 Å². The molecule has 0 amide bonds. The van der Waals surface area contributed by atoms with E-state index in [4.69, 9.17) is 4.74 Å². The maximum Gasteiger partial charge on any atom is 0.122 e. The zero-order chi connectivity index (χ0) is 15.7. The van der Waals surface area contributed by atoms with Crippen molar-refractivity contribution in [3.63, 3.8) is 0 Å². The molecule has 2 heterocycles. The molecule has 1 atom stereocenters. The highest BCUT2D eigenvalue weighted by Gasteiger charge is 2.41. The van der Waals surface area contributed by atoms with Gasteiger partial charge in [-0.25, -0.2) is 4.98 Å². The van der Waals surface area contributed by atoms with Crippen LogP contribution in [0.15, 0.2) is 42.7 Å². The lowest BCUT2D eigenvalue weighted by Gasteiger charge is -2.35. The predicted octanol–water partition coefficient (Wildman–Crippen LogP) is 2.74. The normalized spacial score (nSPS) is 24.4. The van der Waals surface area contributed by atoms with Crippen molar-refractivity contribution in [1.82, 2.24) is 14.5 Å². The molecule has 1 saturated heterocycles. The van der Waals surface area contributed by atoms with Crippen LogP contribution >= 0.6 is 0 Å². The monoisotopic (exact) mass is 311 g/mol. The summed E-state index contributed by atoms with van der Waals surface area (Å²) in [6.45, 7) is 3.70. The molecule has 4 heteroatoms. The Bertz CT molecular complexity index is 642. The number of aromatic nitrogens is 2. The molecule has 0 bridgehead atoms. The van der Waals surface area contributed by atoms with Crippen LogP contribution < -0.4 is 0 Å². The predicted molar refractivity (Wildman–Crippen MR) is 90.2 cm³/mol. The van der Waals surface area contributed by atoms with E-state index in [9.17, 15) is 0 Å². The molecule has 2 aromatic rings. The molecule has 23 heavy (non-hydrogen) atoms. The van der Waals surface area contributed by atoms with Gasteiger partial charge in [0.15, 0.2) is 0 Å². The Hall–Kier alpha value is -1.65. The van der Waals surface area contributed by atoms with Crippen molar-refractivity contribution >= 4 is 0 Å². The fourth-order valence-electron chi connectivity index (χ4n) is 3.72. The summed E-state index contributed by atoms with van der Waals surface area (Å²) in [6, 6.07) is 11.6. The van der Waals surface area contributed by atoms with Gasteiger partial charge in [-0.1, -0.05) is 30.3 Å². The smallest absolute Gasteiger partial charge is 0.122 e. The minimum atomic E-state index is 0.134. The van der Waals surface area contributed by atoms with Crippen LogP contribution in [0.25, 0.3) is 0 Å². The Labute approximate surface area is 138 Å². The van der Waals surface area contributed by atoms with Crippen LogP contribution in [0.3, 0.4) is 0 Å². The molecular weight excluding hydrogens is 286 g/mol. The second-order valence-corrected chi connectivity index (χ2v) is 7.04. The Kier molecular flexibility index (Phi) is 3.95. The number of hydrogen-bond donors (Lipinski definition) is 0. The van der Waals surface area contributed by atoms with Gasteiger partial charge in [0.25, 0.3) is 0 Å². The average Bonchev–Trinajstić information content (AvgIpc) is 3.20. The summed E-state index contributed by atoms with van der Waals surface area (Å²) >= 11 is 0. The maximum atomic E-state index is 5.83. The van der Waals surface area contributed by atoms with Crippen molar-refractivity contribution in [3.05, 3.63) is 54.1 Å². The van der Waals surface area contributed by atoms with Gasteiger partial charge in [-0.3, -0.25) is 4.90 Å². The minimum Gasteiger partial charge on any atom is -0.380 e. The molecule has 4 nitrogen and oxygen atoms in total. The van der Waals surface area contributed by atoms with Gasteiger partial charge in [0, 0.05) is 44.0 Å². The van der Waals surface area contributed by atoms with E-state index in [1.165, 1.54) is 18.4 Å². The Morgan fingerprint density at radius 3 is 2.74 bits per heavy atom. The first-order valence-electron chi connectivity index (χ1n) is 8.60. The molecule has 2 aliphatic rings. The molecule has 1 unspecified atom stereocenters. The topological polar surface area (TPSA) is 30.3 Å². The minimum absolute atomic E-state index is 0.134.